The van der Waals surface area contributed by atoms with Crippen LogP contribution in [0.3, 0.4) is 0 Å². The number of nitrogens with two attached hydrogens (primary N) is 1. The Morgan fingerprint density at radius 2 is 2.00 bits per heavy atom. The molecule has 1 fully saturated rings. The maximum absolute atomic E-state index is 14.4. The van der Waals surface area contributed by atoms with Crippen molar-refractivity contribution in [3.8, 4) is 0 Å². The van der Waals surface area contributed by atoms with E-state index in [0.29, 0.717) is 6.42 Å². The first-order chi connectivity index (χ1) is 9.56. The number of allylic oxidation sites excluding steroid dienone is 1. The summed E-state index contributed by atoms with van der Waals surface area (Å²) in [5.41, 5.74) is 5.49. The minimum atomic E-state index is -0.556. The lowest BCUT2D eigenvalue weighted by Gasteiger charge is -2.24. The van der Waals surface area contributed by atoms with E-state index in [-0.39, 0.29) is 16.7 Å². The molecule has 1 aromatic carbocycles. The second kappa shape index (κ2) is 6.16. The molecule has 108 valence electrons. The van der Waals surface area contributed by atoms with E-state index >= 15 is 0 Å². The quantitative estimate of drug-likeness (QED) is 0.821. The zero-order chi connectivity index (χ0) is 14.6. The van der Waals surface area contributed by atoms with Crippen LogP contribution in [0.1, 0.15) is 38.2 Å². The monoisotopic (exact) mass is 278 g/mol. The van der Waals surface area contributed by atoms with Gasteiger partial charge in [-0.2, -0.15) is 0 Å². The smallest absolute Gasteiger partial charge is 0.154 e. The number of benzene rings is 1. The minimum Gasteiger partial charge on any atom is -0.405 e. The maximum atomic E-state index is 14.4. The number of hydrogen-bond donors (Lipinski definition) is 1. The Morgan fingerprint density at radius 1 is 1.30 bits per heavy atom. The molecule has 0 bridgehead atoms. The van der Waals surface area contributed by atoms with E-state index < -0.39 is 11.6 Å². The number of aliphatic imine (C=N–C) groups is 1. The van der Waals surface area contributed by atoms with Gasteiger partial charge in [0.2, 0.25) is 0 Å². The first-order valence-electron chi connectivity index (χ1n) is 6.93. The van der Waals surface area contributed by atoms with Gasteiger partial charge in [-0.1, -0.05) is 19.8 Å². The molecule has 0 amide bonds. The maximum Gasteiger partial charge on any atom is 0.154 e. The fourth-order valence-corrected chi connectivity index (χ4v) is 2.85. The summed E-state index contributed by atoms with van der Waals surface area (Å²) >= 11 is 0. The molecule has 2 nitrogen and oxygen atoms in total. The predicted octanol–water partition coefficient (Wildman–Crippen LogP) is 4.26. The van der Waals surface area contributed by atoms with Crippen LogP contribution in [-0.2, 0) is 6.42 Å². The van der Waals surface area contributed by atoms with Gasteiger partial charge in [-0.25, -0.2) is 8.78 Å². The molecule has 0 aliphatic heterocycles. The van der Waals surface area contributed by atoms with Crippen LogP contribution in [0, 0.1) is 17.0 Å². The summed E-state index contributed by atoms with van der Waals surface area (Å²) in [4.78, 5) is 3.96. The molecule has 0 radical (unpaired) electrons. The molecule has 0 saturated heterocycles. The van der Waals surface area contributed by atoms with Crippen LogP contribution in [0.4, 0.5) is 14.5 Å². The summed E-state index contributed by atoms with van der Waals surface area (Å²) in [6, 6.07) is 2.64. The van der Waals surface area contributed by atoms with Crippen LogP contribution < -0.4 is 5.73 Å². The molecule has 20 heavy (non-hydrogen) atoms. The lowest BCUT2D eigenvalue weighted by Crippen LogP contribution is -2.16. The summed E-state index contributed by atoms with van der Waals surface area (Å²) in [5, 5.41) is 0. The zero-order valence-electron chi connectivity index (χ0n) is 11.7. The van der Waals surface area contributed by atoms with Crippen molar-refractivity contribution in [3.05, 3.63) is 41.6 Å². The molecular weight excluding hydrogens is 258 g/mol. The number of hydrogen-bond acceptors (Lipinski definition) is 2. The second-order valence-electron chi connectivity index (χ2n) is 5.72. The summed E-state index contributed by atoms with van der Waals surface area (Å²) < 4.78 is 28.3. The average Bonchev–Trinajstić information content (AvgIpc) is 2.84. The highest BCUT2D eigenvalue weighted by Crippen LogP contribution is 2.41. The summed E-state index contributed by atoms with van der Waals surface area (Å²) in [6.45, 7) is 2.10. The third-order valence-corrected chi connectivity index (χ3v) is 3.99. The van der Waals surface area contributed by atoms with Crippen molar-refractivity contribution >= 4 is 11.9 Å². The molecule has 1 aliphatic carbocycles. The highest BCUT2D eigenvalue weighted by atomic mass is 19.1. The first kappa shape index (κ1) is 14.7. The van der Waals surface area contributed by atoms with Gasteiger partial charge in [-0.05, 0) is 49.1 Å². The third-order valence-electron chi connectivity index (χ3n) is 3.99. The van der Waals surface area contributed by atoms with Crippen LogP contribution in [0.2, 0.25) is 0 Å². The molecule has 0 unspecified atom stereocenters. The fraction of sp³-hybridized carbons (Fsp3) is 0.438. The standard InChI is InChI=1S/C16H20F2N2/c1-16(7-2-3-8-16)11-12-13(17)5-6-14(15(12)18)20-10-4-9-19/h4-6,9-10H,2-3,7-8,11,19H2,1H3. The topological polar surface area (TPSA) is 38.4 Å². The Kier molecular flexibility index (Phi) is 4.53. The third kappa shape index (κ3) is 3.24. The molecular formula is C16H20F2N2. The van der Waals surface area contributed by atoms with E-state index in [4.69, 9.17) is 5.73 Å². The number of nitrogens with zero attached hydrogens (tertiary/aromatic N) is 1. The molecule has 0 spiro atoms. The van der Waals surface area contributed by atoms with Crippen molar-refractivity contribution in [2.24, 2.45) is 16.1 Å². The second-order valence-corrected chi connectivity index (χ2v) is 5.72. The van der Waals surface area contributed by atoms with Gasteiger partial charge in [-0.3, -0.25) is 4.99 Å². The Balaban J connectivity index is 2.29. The summed E-state index contributed by atoms with van der Waals surface area (Å²) in [7, 11) is 0. The van der Waals surface area contributed by atoms with E-state index in [1.807, 2.05) is 0 Å². The fourth-order valence-electron chi connectivity index (χ4n) is 2.85. The summed E-state index contributed by atoms with van der Waals surface area (Å²) in [5.74, 6) is -1.04. The largest absolute Gasteiger partial charge is 0.405 e. The van der Waals surface area contributed by atoms with Gasteiger partial charge in [0.05, 0.1) is 5.69 Å². The Morgan fingerprint density at radius 3 is 2.65 bits per heavy atom. The average molecular weight is 278 g/mol. The first-order valence-corrected chi connectivity index (χ1v) is 6.93. The van der Waals surface area contributed by atoms with E-state index in [2.05, 4.69) is 11.9 Å². The summed E-state index contributed by atoms with van der Waals surface area (Å²) in [6.07, 6.45) is 8.96. The molecule has 1 saturated carbocycles. The van der Waals surface area contributed by atoms with Crippen LogP contribution >= 0.6 is 0 Å². The lowest BCUT2D eigenvalue weighted by atomic mass is 9.82. The van der Waals surface area contributed by atoms with Crippen molar-refractivity contribution in [1.82, 2.24) is 0 Å². The van der Waals surface area contributed by atoms with Gasteiger partial charge >= 0.3 is 0 Å². The molecule has 0 atom stereocenters. The molecule has 2 rings (SSSR count). The molecule has 1 aromatic rings. The van der Waals surface area contributed by atoms with E-state index in [0.717, 1.165) is 25.7 Å². The highest BCUT2D eigenvalue weighted by molar-refractivity contribution is 5.74. The normalized spacial score (nSPS) is 18.4. The van der Waals surface area contributed by atoms with Crippen molar-refractivity contribution in [1.29, 1.82) is 0 Å². The van der Waals surface area contributed by atoms with Gasteiger partial charge in [0.1, 0.15) is 5.82 Å². The van der Waals surface area contributed by atoms with Gasteiger partial charge in [0.25, 0.3) is 0 Å². The SMILES string of the molecule is CC1(Cc2c(F)ccc(N=CC=CN)c2F)CCCC1. The van der Waals surface area contributed by atoms with Crippen LogP contribution in [-0.4, -0.2) is 6.21 Å². The molecule has 0 heterocycles. The molecule has 4 heteroatoms. The van der Waals surface area contributed by atoms with Gasteiger partial charge in [-0.15, -0.1) is 0 Å². The minimum absolute atomic E-state index is 0.00117. The van der Waals surface area contributed by atoms with E-state index in [1.165, 1.54) is 30.6 Å². The van der Waals surface area contributed by atoms with Crippen molar-refractivity contribution in [2.75, 3.05) is 0 Å². The Labute approximate surface area is 118 Å². The zero-order valence-corrected chi connectivity index (χ0v) is 11.7. The van der Waals surface area contributed by atoms with E-state index in [9.17, 15) is 8.78 Å². The number of halogens is 2. The molecule has 0 aromatic heterocycles. The van der Waals surface area contributed by atoms with Crippen LogP contribution in [0.5, 0.6) is 0 Å². The Bertz CT molecular complexity index is 530. The van der Waals surface area contributed by atoms with Gasteiger partial charge in [0, 0.05) is 11.8 Å². The lowest BCUT2D eigenvalue weighted by molar-refractivity contribution is 0.323. The Hall–Kier alpha value is -1.71. The van der Waals surface area contributed by atoms with Crippen molar-refractivity contribution in [2.45, 2.75) is 39.0 Å². The van der Waals surface area contributed by atoms with Crippen LogP contribution in [0.25, 0.3) is 0 Å². The van der Waals surface area contributed by atoms with Crippen molar-refractivity contribution in [3.63, 3.8) is 0 Å². The van der Waals surface area contributed by atoms with Gasteiger partial charge < -0.3 is 5.73 Å². The predicted molar refractivity (Wildman–Crippen MR) is 78.1 cm³/mol. The van der Waals surface area contributed by atoms with Gasteiger partial charge in [0.15, 0.2) is 5.82 Å². The molecule has 2 N–H and O–H groups in total. The van der Waals surface area contributed by atoms with E-state index in [1.54, 1.807) is 0 Å². The number of rotatable bonds is 4. The molecule has 1 aliphatic rings. The van der Waals surface area contributed by atoms with Crippen LogP contribution in [0.15, 0.2) is 29.4 Å². The highest BCUT2D eigenvalue weighted by Gasteiger charge is 2.31. The van der Waals surface area contributed by atoms with Crippen molar-refractivity contribution < 1.29 is 8.78 Å².